The summed E-state index contributed by atoms with van der Waals surface area (Å²) >= 11 is 0. The molecule has 9 nitrogen and oxygen atoms in total. The van der Waals surface area contributed by atoms with E-state index in [-0.39, 0.29) is 30.2 Å². The number of amides is 2. The average Bonchev–Trinajstić information content (AvgIpc) is 2.74. The quantitative estimate of drug-likeness (QED) is 0.790. The molecule has 2 amide bonds. The van der Waals surface area contributed by atoms with E-state index in [9.17, 15) is 19.2 Å². The lowest BCUT2D eigenvalue weighted by Crippen LogP contribution is -2.47. The van der Waals surface area contributed by atoms with Crippen LogP contribution in [0.25, 0.3) is 5.69 Å². The highest BCUT2D eigenvalue weighted by atomic mass is 16.4. The first-order valence-corrected chi connectivity index (χ1v) is 9.28. The third kappa shape index (κ3) is 4.68. The lowest BCUT2D eigenvalue weighted by atomic mass is 9.98. The lowest BCUT2D eigenvalue weighted by Gasteiger charge is -2.32. The Labute approximate surface area is 167 Å². The van der Waals surface area contributed by atoms with Crippen molar-refractivity contribution in [3.63, 3.8) is 0 Å². The molecule has 1 unspecified atom stereocenters. The highest BCUT2D eigenvalue weighted by molar-refractivity contribution is 5.94. The van der Waals surface area contributed by atoms with Crippen LogP contribution in [0.1, 0.15) is 23.3 Å². The maximum Gasteiger partial charge on any atom is 0.308 e. The number of aromatic nitrogens is 2. The summed E-state index contributed by atoms with van der Waals surface area (Å²) in [7, 11) is 1.47. The van der Waals surface area contributed by atoms with Crippen LogP contribution in [0.4, 0.5) is 0 Å². The molecule has 0 saturated carbocycles. The molecule has 1 aliphatic rings. The number of hydrogen-bond donors (Lipinski definition) is 1. The molecule has 0 radical (unpaired) electrons. The first-order chi connectivity index (χ1) is 13.9. The van der Waals surface area contributed by atoms with Gasteiger partial charge < -0.3 is 14.9 Å². The third-order valence-corrected chi connectivity index (χ3v) is 4.86. The van der Waals surface area contributed by atoms with Gasteiger partial charge in [-0.3, -0.25) is 19.2 Å². The summed E-state index contributed by atoms with van der Waals surface area (Å²) in [6.07, 6.45) is 1.16. The number of carbonyl (C=O) groups excluding carboxylic acids is 2. The molecule has 152 valence electrons. The van der Waals surface area contributed by atoms with Crippen molar-refractivity contribution in [2.24, 2.45) is 5.92 Å². The van der Waals surface area contributed by atoms with Crippen molar-refractivity contribution in [2.45, 2.75) is 12.8 Å². The van der Waals surface area contributed by atoms with Gasteiger partial charge in [-0.1, -0.05) is 18.2 Å². The van der Waals surface area contributed by atoms with Crippen molar-refractivity contribution in [1.29, 1.82) is 0 Å². The molecule has 1 aromatic heterocycles. The van der Waals surface area contributed by atoms with E-state index in [1.165, 1.54) is 29.0 Å². The standard InChI is InChI=1S/C20H22N4O5/c1-22(13-18(26)23-11-5-6-14(12-23)20(28)29)19(27)16-9-10-17(25)24(21-16)15-7-3-2-4-8-15/h2-4,7-10,14H,5-6,11-13H2,1H3,(H,28,29). The summed E-state index contributed by atoms with van der Waals surface area (Å²) in [5.74, 6) is -2.32. The summed E-state index contributed by atoms with van der Waals surface area (Å²) in [6.45, 7) is 0.423. The molecule has 1 atom stereocenters. The number of carbonyl (C=O) groups is 3. The smallest absolute Gasteiger partial charge is 0.308 e. The fraction of sp³-hybridized carbons (Fsp3) is 0.350. The van der Waals surface area contributed by atoms with Crippen LogP contribution in [0.5, 0.6) is 0 Å². The number of carboxylic acids is 1. The number of aliphatic carboxylic acids is 1. The van der Waals surface area contributed by atoms with Gasteiger partial charge in [0.05, 0.1) is 18.2 Å². The Morgan fingerprint density at radius 3 is 2.59 bits per heavy atom. The Bertz CT molecular complexity index is 972. The summed E-state index contributed by atoms with van der Waals surface area (Å²) in [4.78, 5) is 51.2. The molecule has 2 aromatic rings. The van der Waals surface area contributed by atoms with Gasteiger partial charge in [-0.15, -0.1) is 0 Å². The predicted molar refractivity (Wildman–Crippen MR) is 104 cm³/mol. The molecule has 1 N–H and O–H groups in total. The number of nitrogens with zero attached hydrogens (tertiary/aromatic N) is 4. The van der Waals surface area contributed by atoms with Gasteiger partial charge in [0.25, 0.3) is 11.5 Å². The van der Waals surface area contributed by atoms with Crippen LogP contribution >= 0.6 is 0 Å². The number of benzene rings is 1. The minimum atomic E-state index is -0.917. The Morgan fingerprint density at radius 1 is 1.17 bits per heavy atom. The molecule has 0 spiro atoms. The van der Waals surface area contributed by atoms with Crippen LogP contribution in [0, 0.1) is 5.92 Å². The number of hydrogen-bond acceptors (Lipinski definition) is 5. The second-order valence-corrected chi connectivity index (χ2v) is 6.98. The number of para-hydroxylation sites is 1. The average molecular weight is 398 g/mol. The second kappa shape index (κ2) is 8.68. The van der Waals surface area contributed by atoms with Gasteiger partial charge in [-0.2, -0.15) is 9.78 Å². The monoisotopic (exact) mass is 398 g/mol. The van der Waals surface area contributed by atoms with E-state index in [1.807, 2.05) is 0 Å². The van der Waals surface area contributed by atoms with Crippen molar-refractivity contribution in [3.05, 3.63) is 58.5 Å². The number of likely N-dealkylation sites (N-methyl/N-ethyl adjacent to an activating group) is 1. The molecule has 0 aliphatic carbocycles. The molecule has 1 aromatic carbocycles. The normalized spacial score (nSPS) is 16.3. The van der Waals surface area contributed by atoms with Crippen molar-refractivity contribution >= 4 is 17.8 Å². The molecule has 3 rings (SSSR count). The minimum absolute atomic E-state index is 0.0332. The Morgan fingerprint density at radius 2 is 1.90 bits per heavy atom. The Balaban J connectivity index is 1.71. The highest BCUT2D eigenvalue weighted by Gasteiger charge is 2.29. The highest BCUT2D eigenvalue weighted by Crippen LogP contribution is 2.17. The van der Waals surface area contributed by atoms with Crippen molar-refractivity contribution in [1.82, 2.24) is 19.6 Å². The van der Waals surface area contributed by atoms with Gasteiger partial charge in [0.1, 0.15) is 5.69 Å². The zero-order valence-electron chi connectivity index (χ0n) is 16.0. The van der Waals surface area contributed by atoms with Crippen LogP contribution in [-0.2, 0) is 9.59 Å². The lowest BCUT2D eigenvalue weighted by molar-refractivity contribution is -0.145. The van der Waals surface area contributed by atoms with Crippen LogP contribution in [0.2, 0.25) is 0 Å². The van der Waals surface area contributed by atoms with E-state index in [0.29, 0.717) is 25.1 Å². The molecule has 9 heteroatoms. The molecule has 1 saturated heterocycles. The molecule has 2 heterocycles. The van der Waals surface area contributed by atoms with E-state index < -0.39 is 17.8 Å². The number of rotatable bonds is 5. The zero-order valence-corrected chi connectivity index (χ0v) is 16.0. The SMILES string of the molecule is CN(CC(=O)N1CCCC(C(=O)O)C1)C(=O)c1ccc(=O)n(-c2ccccc2)n1. The fourth-order valence-corrected chi connectivity index (χ4v) is 3.25. The van der Waals surface area contributed by atoms with E-state index in [4.69, 9.17) is 5.11 Å². The van der Waals surface area contributed by atoms with Crippen molar-refractivity contribution < 1.29 is 19.5 Å². The van der Waals surface area contributed by atoms with Gasteiger partial charge in [0.2, 0.25) is 5.91 Å². The van der Waals surface area contributed by atoms with Crippen LogP contribution < -0.4 is 5.56 Å². The molecular weight excluding hydrogens is 376 g/mol. The van der Waals surface area contributed by atoms with E-state index in [1.54, 1.807) is 30.3 Å². The molecular formula is C20H22N4O5. The Kier molecular flexibility index (Phi) is 6.06. The summed E-state index contributed by atoms with van der Waals surface area (Å²) < 4.78 is 1.13. The Hall–Kier alpha value is -3.49. The van der Waals surface area contributed by atoms with Gasteiger partial charge in [0.15, 0.2) is 0 Å². The largest absolute Gasteiger partial charge is 0.481 e. The number of piperidine rings is 1. The minimum Gasteiger partial charge on any atom is -0.481 e. The van der Waals surface area contributed by atoms with Crippen LogP contribution in [0.3, 0.4) is 0 Å². The van der Waals surface area contributed by atoms with Gasteiger partial charge in [-0.05, 0) is 31.0 Å². The van der Waals surface area contributed by atoms with Crippen LogP contribution in [-0.4, -0.2) is 69.2 Å². The molecule has 0 bridgehead atoms. The van der Waals surface area contributed by atoms with E-state index >= 15 is 0 Å². The van der Waals surface area contributed by atoms with Crippen LogP contribution in [0.15, 0.2) is 47.3 Å². The predicted octanol–water partition coefficient (Wildman–Crippen LogP) is 0.628. The summed E-state index contributed by atoms with van der Waals surface area (Å²) in [5.41, 5.74) is 0.184. The van der Waals surface area contributed by atoms with Gasteiger partial charge >= 0.3 is 5.97 Å². The first kappa shape index (κ1) is 20.2. The molecule has 1 aliphatic heterocycles. The second-order valence-electron chi connectivity index (χ2n) is 6.98. The molecule has 1 fully saturated rings. The topological polar surface area (TPSA) is 113 Å². The maximum absolute atomic E-state index is 12.7. The fourth-order valence-electron chi connectivity index (χ4n) is 3.25. The third-order valence-electron chi connectivity index (χ3n) is 4.86. The van der Waals surface area contributed by atoms with Gasteiger partial charge in [0, 0.05) is 26.2 Å². The van der Waals surface area contributed by atoms with Crippen molar-refractivity contribution in [2.75, 3.05) is 26.7 Å². The zero-order chi connectivity index (χ0) is 21.0. The molecule has 29 heavy (non-hydrogen) atoms. The first-order valence-electron chi connectivity index (χ1n) is 9.28. The van der Waals surface area contributed by atoms with E-state index in [0.717, 1.165) is 4.68 Å². The maximum atomic E-state index is 12.7. The van der Waals surface area contributed by atoms with Gasteiger partial charge in [-0.25, -0.2) is 0 Å². The summed E-state index contributed by atoms with van der Waals surface area (Å²) in [6, 6.07) is 11.3. The van der Waals surface area contributed by atoms with Crippen molar-refractivity contribution in [3.8, 4) is 5.69 Å². The van der Waals surface area contributed by atoms with E-state index in [2.05, 4.69) is 5.10 Å². The number of likely N-dealkylation sites (tertiary alicyclic amines) is 1. The summed E-state index contributed by atoms with van der Waals surface area (Å²) in [5, 5.41) is 13.3. The number of carboxylic acid groups (broad SMARTS) is 1.